The van der Waals surface area contributed by atoms with Crippen LogP contribution in [0.3, 0.4) is 0 Å². The molecule has 1 heterocycles. The third-order valence-electron chi connectivity index (χ3n) is 2.17. The highest BCUT2D eigenvalue weighted by molar-refractivity contribution is 7.98. The Balaban J connectivity index is 1.99. The van der Waals surface area contributed by atoms with E-state index in [1.165, 1.54) is 24.2 Å². The van der Waals surface area contributed by atoms with Crippen LogP contribution in [0, 0.1) is 0 Å². The molecule has 1 aromatic heterocycles. The summed E-state index contributed by atoms with van der Waals surface area (Å²) in [5, 5.41) is 3.45. The summed E-state index contributed by atoms with van der Waals surface area (Å²) in [5.74, 6) is 1.28. The van der Waals surface area contributed by atoms with E-state index in [0.29, 0.717) is 0 Å². The molecule has 0 aromatic carbocycles. The fourth-order valence-electron chi connectivity index (χ4n) is 1.39. The van der Waals surface area contributed by atoms with Crippen molar-refractivity contribution in [1.29, 1.82) is 0 Å². The first-order valence-corrected chi connectivity index (χ1v) is 6.53. The van der Waals surface area contributed by atoms with Gasteiger partial charge in [0.25, 0.3) is 0 Å². The fourth-order valence-corrected chi connectivity index (χ4v) is 1.89. The van der Waals surface area contributed by atoms with Gasteiger partial charge in [-0.1, -0.05) is 0 Å². The molecule has 0 saturated heterocycles. The highest BCUT2D eigenvalue weighted by atomic mass is 32.2. The summed E-state index contributed by atoms with van der Waals surface area (Å²) in [7, 11) is 2.06. The molecule has 1 aromatic rings. The highest BCUT2D eigenvalue weighted by Gasteiger charge is 1.93. The molecule has 3 heteroatoms. The Morgan fingerprint density at radius 3 is 2.93 bits per heavy atom. The average Bonchev–Trinajstić information content (AvgIpc) is 2.58. The molecule has 0 radical (unpaired) electrons. The van der Waals surface area contributed by atoms with Crippen LogP contribution >= 0.6 is 11.8 Å². The SMILES string of the molecule is CSCCCCNCc1ccn(C)c1. The average molecular weight is 212 g/mol. The first-order valence-electron chi connectivity index (χ1n) is 5.13. The molecule has 2 nitrogen and oxygen atoms in total. The maximum Gasteiger partial charge on any atom is 0.0220 e. The van der Waals surface area contributed by atoms with E-state index in [1.807, 2.05) is 11.8 Å². The molecular weight excluding hydrogens is 192 g/mol. The van der Waals surface area contributed by atoms with Gasteiger partial charge in [0.1, 0.15) is 0 Å². The lowest BCUT2D eigenvalue weighted by Gasteiger charge is -2.02. The van der Waals surface area contributed by atoms with Gasteiger partial charge in [0.15, 0.2) is 0 Å². The Kier molecular flexibility index (Phi) is 5.80. The van der Waals surface area contributed by atoms with Crippen LogP contribution in [0.2, 0.25) is 0 Å². The first-order chi connectivity index (χ1) is 6.83. The summed E-state index contributed by atoms with van der Waals surface area (Å²) in [6.07, 6.45) is 9.02. The smallest absolute Gasteiger partial charge is 0.0220 e. The van der Waals surface area contributed by atoms with E-state index in [4.69, 9.17) is 0 Å². The molecule has 0 saturated carbocycles. The molecule has 14 heavy (non-hydrogen) atoms. The summed E-state index contributed by atoms with van der Waals surface area (Å²) in [4.78, 5) is 0. The van der Waals surface area contributed by atoms with Crippen molar-refractivity contribution in [3.05, 3.63) is 24.0 Å². The fraction of sp³-hybridized carbons (Fsp3) is 0.636. The number of nitrogens with one attached hydrogen (secondary N) is 1. The molecule has 80 valence electrons. The Bertz CT molecular complexity index is 245. The number of aromatic nitrogens is 1. The van der Waals surface area contributed by atoms with Crippen LogP contribution in [-0.2, 0) is 13.6 Å². The lowest BCUT2D eigenvalue weighted by atomic mass is 10.3. The molecule has 1 N–H and O–H groups in total. The van der Waals surface area contributed by atoms with Gasteiger partial charge < -0.3 is 9.88 Å². The van der Waals surface area contributed by atoms with Crippen LogP contribution in [0.1, 0.15) is 18.4 Å². The van der Waals surface area contributed by atoms with Gasteiger partial charge in [0.05, 0.1) is 0 Å². The van der Waals surface area contributed by atoms with Gasteiger partial charge in [-0.15, -0.1) is 0 Å². The van der Waals surface area contributed by atoms with E-state index in [2.05, 4.69) is 41.6 Å². The third kappa shape index (κ3) is 4.72. The van der Waals surface area contributed by atoms with Crippen molar-refractivity contribution < 1.29 is 0 Å². The Morgan fingerprint density at radius 1 is 1.43 bits per heavy atom. The minimum absolute atomic E-state index is 1.00. The largest absolute Gasteiger partial charge is 0.357 e. The second-order valence-electron chi connectivity index (χ2n) is 3.56. The number of rotatable bonds is 7. The first kappa shape index (κ1) is 11.7. The Morgan fingerprint density at radius 2 is 2.29 bits per heavy atom. The van der Waals surface area contributed by atoms with Crippen LogP contribution in [0.5, 0.6) is 0 Å². The normalized spacial score (nSPS) is 10.7. The molecular formula is C11H20N2S. The van der Waals surface area contributed by atoms with Crippen LogP contribution in [0.15, 0.2) is 18.5 Å². The van der Waals surface area contributed by atoms with Gasteiger partial charge in [-0.2, -0.15) is 11.8 Å². The summed E-state index contributed by atoms with van der Waals surface area (Å²) in [5.41, 5.74) is 1.37. The van der Waals surface area contributed by atoms with E-state index in [9.17, 15) is 0 Å². The van der Waals surface area contributed by atoms with Crippen LogP contribution in [-0.4, -0.2) is 23.1 Å². The lowest BCUT2D eigenvalue weighted by Crippen LogP contribution is -2.14. The van der Waals surface area contributed by atoms with Crippen molar-refractivity contribution in [3.8, 4) is 0 Å². The third-order valence-corrected chi connectivity index (χ3v) is 2.87. The van der Waals surface area contributed by atoms with E-state index < -0.39 is 0 Å². The molecule has 0 aliphatic rings. The summed E-state index contributed by atoms with van der Waals surface area (Å²) >= 11 is 1.93. The lowest BCUT2D eigenvalue weighted by molar-refractivity contribution is 0.643. The van der Waals surface area contributed by atoms with Crippen molar-refractivity contribution in [1.82, 2.24) is 9.88 Å². The topological polar surface area (TPSA) is 17.0 Å². The van der Waals surface area contributed by atoms with Crippen molar-refractivity contribution in [3.63, 3.8) is 0 Å². The van der Waals surface area contributed by atoms with Gasteiger partial charge in [0.2, 0.25) is 0 Å². The van der Waals surface area contributed by atoms with E-state index >= 15 is 0 Å². The maximum absolute atomic E-state index is 3.45. The van der Waals surface area contributed by atoms with Gasteiger partial charge in [0, 0.05) is 26.0 Å². The standard InChI is InChI=1S/C11H20N2S/c1-13-7-5-11(10-13)9-12-6-3-4-8-14-2/h5,7,10,12H,3-4,6,8-9H2,1-2H3. The zero-order valence-corrected chi connectivity index (χ0v) is 9.94. The number of thioether (sulfide) groups is 1. The predicted molar refractivity (Wildman–Crippen MR) is 64.7 cm³/mol. The maximum atomic E-state index is 3.45. The van der Waals surface area contributed by atoms with Crippen molar-refractivity contribution in [2.75, 3.05) is 18.6 Å². The summed E-state index contributed by atoms with van der Waals surface area (Å²) < 4.78 is 2.09. The van der Waals surface area contributed by atoms with Crippen molar-refractivity contribution in [2.45, 2.75) is 19.4 Å². The molecule has 0 amide bonds. The number of hydrogen-bond acceptors (Lipinski definition) is 2. The number of unbranched alkanes of at least 4 members (excludes halogenated alkanes) is 1. The van der Waals surface area contributed by atoms with Crippen molar-refractivity contribution >= 4 is 11.8 Å². The van der Waals surface area contributed by atoms with Gasteiger partial charge in [-0.25, -0.2) is 0 Å². The second-order valence-corrected chi connectivity index (χ2v) is 4.55. The molecule has 0 atom stereocenters. The van der Waals surface area contributed by atoms with Crippen LogP contribution in [0.25, 0.3) is 0 Å². The molecule has 0 spiro atoms. The minimum atomic E-state index is 1.00. The Hall–Kier alpha value is -0.410. The summed E-state index contributed by atoms with van der Waals surface area (Å²) in [6.45, 7) is 2.13. The number of aryl methyl sites for hydroxylation is 1. The van der Waals surface area contributed by atoms with E-state index in [-0.39, 0.29) is 0 Å². The number of nitrogens with zero attached hydrogens (tertiary/aromatic N) is 1. The molecule has 0 aliphatic carbocycles. The Labute approximate surface area is 91.1 Å². The molecule has 1 rings (SSSR count). The van der Waals surface area contributed by atoms with Gasteiger partial charge >= 0.3 is 0 Å². The molecule has 0 unspecified atom stereocenters. The molecule has 0 bridgehead atoms. The van der Waals surface area contributed by atoms with Crippen LogP contribution in [0.4, 0.5) is 0 Å². The van der Waals surface area contributed by atoms with Crippen molar-refractivity contribution in [2.24, 2.45) is 7.05 Å². The van der Waals surface area contributed by atoms with Crippen LogP contribution < -0.4 is 5.32 Å². The quantitative estimate of drug-likeness (QED) is 0.698. The van der Waals surface area contributed by atoms with Gasteiger partial charge in [-0.05, 0) is 43.0 Å². The number of hydrogen-bond donors (Lipinski definition) is 1. The monoisotopic (exact) mass is 212 g/mol. The van der Waals surface area contributed by atoms with E-state index in [1.54, 1.807) is 0 Å². The zero-order chi connectivity index (χ0) is 10.2. The summed E-state index contributed by atoms with van der Waals surface area (Å²) in [6, 6.07) is 2.16. The zero-order valence-electron chi connectivity index (χ0n) is 9.12. The van der Waals surface area contributed by atoms with Gasteiger partial charge in [-0.3, -0.25) is 0 Å². The second kappa shape index (κ2) is 6.96. The molecule has 0 aliphatic heterocycles. The molecule has 0 fully saturated rings. The predicted octanol–water partition coefficient (Wildman–Crippen LogP) is 2.26. The van der Waals surface area contributed by atoms with E-state index in [0.717, 1.165) is 13.1 Å². The highest BCUT2D eigenvalue weighted by Crippen LogP contribution is 2.00. The minimum Gasteiger partial charge on any atom is -0.357 e.